The largest absolute Gasteiger partial charge is 0.614 e. The third kappa shape index (κ3) is 12.7. The monoisotopic (exact) mass is 1130 g/mol. The van der Waals surface area contributed by atoms with Gasteiger partial charge >= 0.3 is 34.1 Å². The van der Waals surface area contributed by atoms with Crippen LogP contribution in [0.25, 0.3) is 0 Å². The predicted octanol–water partition coefficient (Wildman–Crippen LogP) is 4.07. The van der Waals surface area contributed by atoms with Crippen molar-refractivity contribution in [2.24, 2.45) is 5.16 Å². The molecular weight excluding hydrogens is 1070 g/mol. The first-order valence-corrected chi connectivity index (χ1v) is 27.7. The molecule has 1 aromatic heterocycles. The molecule has 78 heavy (non-hydrogen) atoms. The van der Waals surface area contributed by atoms with Crippen molar-refractivity contribution < 1.29 is 75.6 Å². The number of β-lactam (4-membered cyclic amide) rings is 1. The summed E-state index contributed by atoms with van der Waals surface area (Å²) in [6, 6.07) is 16.2. The number of halogens is 1. The van der Waals surface area contributed by atoms with Gasteiger partial charge in [-0.25, -0.2) is 24.3 Å². The van der Waals surface area contributed by atoms with E-state index in [9.17, 15) is 33.3 Å². The van der Waals surface area contributed by atoms with Gasteiger partial charge < -0.3 is 52.2 Å². The second-order valence-corrected chi connectivity index (χ2v) is 23.1. The molecule has 21 nitrogen and oxygen atoms in total. The lowest BCUT2D eigenvalue weighted by molar-refractivity contribution is -0.911. The number of quaternary nitrogens is 1. The van der Waals surface area contributed by atoms with Crippen LogP contribution in [0, 0.1) is 6.92 Å². The molecule has 3 aliphatic heterocycles. The Morgan fingerprint density at radius 2 is 1.58 bits per heavy atom. The van der Waals surface area contributed by atoms with E-state index in [1.807, 2.05) is 24.3 Å². The number of aryl methyl sites for hydroxylation is 1. The lowest BCUT2D eigenvalue weighted by atomic mass is 10.0. The molecule has 0 spiro atoms. The average molecular weight is 1130 g/mol. The second-order valence-electron chi connectivity index (χ2n) is 20.1. The first kappa shape index (κ1) is 57.4. The summed E-state index contributed by atoms with van der Waals surface area (Å²) in [6.07, 6.45) is 1.18. The smallest absolute Gasteiger partial charge is 0.417 e. The minimum Gasteiger partial charge on any atom is -0.614 e. The zero-order valence-electron chi connectivity index (χ0n) is 44.5. The van der Waals surface area contributed by atoms with Crippen molar-refractivity contribution in [3.8, 4) is 23.0 Å². The number of carbonyl (C=O) groups excluding carboxylic acids is 6. The van der Waals surface area contributed by atoms with Crippen LogP contribution in [0.15, 0.2) is 82.5 Å². The van der Waals surface area contributed by atoms with Gasteiger partial charge in [0.1, 0.15) is 54.0 Å². The number of hydrogen-bond acceptors (Lipinski definition) is 18. The van der Waals surface area contributed by atoms with Gasteiger partial charge in [-0.05, 0) is 86.4 Å². The SMILES string of the molecule is BOC(=O)C1=C(C[N+]2(CCN(C(=O)OC(C)(C)C)C(=O)c3ccc(OCc4ccc(OC)cc4)c(OCc4ccc(OC)cc4)c3Cl)CCCC2)C[S+]([O-])[C@@H]2[C@H](NC(=O)/C(=N\OC3(C(=O)OB)CC3)c3csc(C)n3)C(=O)N12. The number of thiazole rings is 1. The van der Waals surface area contributed by atoms with E-state index in [1.54, 1.807) is 77.6 Å². The van der Waals surface area contributed by atoms with Gasteiger partial charge in [0.2, 0.25) is 11.0 Å². The van der Waals surface area contributed by atoms with Crippen LogP contribution in [0.4, 0.5) is 4.79 Å². The normalized spacial score (nSPS) is 19.1. The van der Waals surface area contributed by atoms with E-state index < -0.39 is 69.5 Å². The third-order valence-electron chi connectivity index (χ3n) is 13.6. The van der Waals surface area contributed by atoms with Crippen LogP contribution in [0.2, 0.25) is 5.02 Å². The molecule has 1 saturated carbocycles. The van der Waals surface area contributed by atoms with Crippen molar-refractivity contribution in [1.82, 2.24) is 20.1 Å². The van der Waals surface area contributed by atoms with Crippen LogP contribution < -0.4 is 24.3 Å². The summed E-state index contributed by atoms with van der Waals surface area (Å²) in [5.41, 5.74) is -0.795. The highest BCUT2D eigenvalue weighted by atomic mass is 35.5. The summed E-state index contributed by atoms with van der Waals surface area (Å²) in [6.45, 7) is 8.06. The number of ether oxygens (including phenoxy) is 5. The molecule has 3 aromatic carbocycles. The molecule has 3 fully saturated rings. The Hall–Kier alpha value is -6.79. The van der Waals surface area contributed by atoms with Gasteiger partial charge in [0.25, 0.3) is 17.7 Å². The van der Waals surface area contributed by atoms with Crippen LogP contribution in [0.1, 0.15) is 78.6 Å². The number of amides is 4. The van der Waals surface area contributed by atoms with Gasteiger partial charge in [0.05, 0.1) is 61.6 Å². The molecule has 2 saturated heterocycles. The number of rotatable bonds is 21. The Kier molecular flexibility index (Phi) is 17.7. The fraction of sp³-hybridized carbons (Fsp3) is 0.423. The van der Waals surface area contributed by atoms with Crippen molar-refractivity contribution in [3.05, 3.63) is 110 Å². The molecule has 3 atom stereocenters. The summed E-state index contributed by atoms with van der Waals surface area (Å²) in [7, 11) is 5.52. The van der Waals surface area contributed by atoms with E-state index in [2.05, 4.69) is 15.5 Å². The van der Waals surface area contributed by atoms with Gasteiger partial charge in [0, 0.05) is 31.1 Å². The fourth-order valence-corrected chi connectivity index (χ4v) is 11.9. The number of benzene rings is 3. The number of fused-ring (bicyclic) bond motifs is 1. The predicted molar refractivity (Wildman–Crippen MR) is 291 cm³/mol. The number of aromatic nitrogens is 1. The van der Waals surface area contributed by atoms with Crippen molar-refractivity contribution in [3.63, 3.8) is 0 Å². The van der Waals surface area contributed by atoms with Crippen molar-refractivity contribution in [2.75, 3.05) is 52.7 Å². The number of nitrogens with one attached hydrogen (secondary N) is 1. The Labute approximate surface area is 465 Å². The van der Waals surface area contributed by atoms with E-state index in [-0.39, 0.29) is 82.3 Å². The number of methoxy groups -OCH3 is 2. The highest BCUT2D eigenvalue weighted by molar-refractivity contribution is 7.92. The Morgan fingerprint density at radius 3 is 2.13 bits per heavy atom. The fourth-order valence-electron chi connectivity index (χ4n) is 9.35. The van der Waals surface area contributed by atoms with Crippen LogP contribution in [0.3, 0.4) is 0 Å². The minimum absolute atomic E-state index is 0.0295. The number of hydrogen-bond donors (Lipinski definition) is 1. The molecule has 26 heteroatoms. The molecule has 1 aliphatic carbocycles. The van der Waals surface area contributed by atoms with Gasteiger partial charge in [-0.2, -0.15) is 0 Å². The quantitative estimate of drug-likeness (QED) is 0.0309. The van der Waals surface area contributed by atoms with E-state index in [0.29, 0.717) is 48.0 Å². The topological polar surface area (TPSA) is 243 Å². The standard InChI is InChI=1S/C52H59B2ClN6O15S2/c1-30-56-37(28-77-30)40(58-76-52(19-20-52)49(66)75-54)44(62)57-41-46(64)60-42(48(65)74-53)33(29-78(68)47(41)60)25-61(22-7-8-23-61)24-21-59(50(67)73-51(2,3)4)45(63)36-17-18-38(71-26-31-9-13-34(69-5)14-10-31)43(39(36)55)72-27-32-11-15-35(70-6)16-12-32/h9-18,28,41,47H,7-8,19-27,29,53-54H2,1-6H3/p+1/b58-40-/t41-,47-,78?/m1/s1. The zero-order chi connectivity index (χ0) is 56.1. The number of likely N-dealkylation sites (tertiary alicyclic amines) is 1. The average Bonchev–Trinajstić information content (AvgIpc) is 4.02. The highest BCUT2D eigenvalue weighted by Crippen LogP contribution is 2.43. The number of imide groups is 1. The van der Waals surface area contributed by atoms with E-state index in [4.69, 9.17) is 49.4 Å². The number of carbonyl (C=O) groups is 6. The van der Waals surface area contributed by atoms with Crippen molar-refractivity contribution in [1.29, 1.82) is 0 Å². The van der Waals surface area contributed by atoms with Gasteiger partial charge in [0.15, 0.2) is 23.3 Å². The van der Waals surface area contributed by atoms with E-state index >= 15 is 0 Å². The molecule has 412 valence electrons. The molecule has 0 bridgehead atoms. The number of oxime groups is 1. The summed E-state index contributed by atoms with van der Waals surface area (Å²) in [5.74, 6) is -2.45. The van der Waals surface area contributed by atoms with Crippen molar-refractivity contribution >= 4 is 91.7 Å². The maximum Gasteiger partial charge on any atom is 0.417 e. The molecule has 4 aliphatic rings. The zero-order valence-corrected chi connectivity index (χ0v) is 46.9. The molecule has 1 N–H and O–H groups in total. The Morgan fingerprint density at radius 1 is 0.949 bits per heavy atom. The lowest BCUT2D eigenvalue weighted by Crippen LogP contribution is -2.75. The Bertz CT molecular complexity index is 3000. The van der Waals surface area contributed by atoms with Crippen molar-refractivity contribution in [2.45, 2.75) is 89.2 Å². The van der Waals surface area contributed by atoms with Crippen LogP contribution in [-0.2, 0) is 62.5 Å². The number of nitrogens with zero attached hydrogens (tertiary/aromatic N) is 5. The molecule has 1 unspecified atom stereocenters. The molecule has 4 amide bonds. The van der Waals surface area contributed by atoms with Gasteiger partial charge in [-0.1, -0.05) is 41.0 Å². The van der Waals surface area contributed by atoms with Crippen LogP contribution in [-0.4, -0.2) is 157 Å². The van der Waals surface area contributed by atoms with Crippen LogP contribution >= 0.6 is 22.9 Å². The second kappa shape index (κ2) is 24.1. The molecule has 8 rings (SSSR count). The summed E-state index contributed by atoms with van der Waals surface area (Å²) >= 11 is 6.51. The Balaban J connectivity index is 1.05. The maximum absolute atomic E-state index is 14.9. The summed E-state index contributed by atoms with van der Waals surface area (Å²) in [4.78, 5) is 95.6. The summed E-state index contributed by atoms with van der Waals surface area (Å²) in [5, 5.41) is 7.55. The summed E-state index contributed by atoms with van der Waals surface area (Å²) < 4.78 is 53.7. The molecule has 4 aromatic rings. The third-order valence-corrected chi connectivity index (χ3v) is 16.4. The highest BCUT2D eigenvalue weighted by Gasteiger charge is 2.62. The molecule has 4 heterocycles. The van der Waals surface area contributed by atoms with Crippen LogP contribution in [0.5, 0.6) is 23.0 Å². The van der Waals surface area contributed by atoms with E-state index in [1.165, 1.54) is 33.5 Å². The van der Waals surface area contributed by atoms with Gasteiger partial charge in [-0.3, -0.25) is 19.3 Å². The lowest BCUT2D eigenvalue weighted by Gasteiger charge is -2.50. The maximum atomic E-state index is 14.9. The first-order valence-electron chi connectivity index (χ1n) is 25.1. The minimum atomic E-state index is -1.87. The van der Waals surface area contributed by atoms with Gasteiger partial charge in [-0.15, -0.1) is 11.3 Å². The molecular formula is C52H60B2ClN6O15S2+. The van der Waals surface area contributed by atoms with E-state index in [0.717, 1.165) is 33.8 Å². The molecule has 0 radical (unpaired) electrons. The first-order chi connectivity index (χ1) is 37.2.